The molecule has 3 nitrogen and oxygen atoms in total. The lowest BCUT2D eigenvalue weighted by molar-refractivity contribution is 1.01. The van der Waals surface area contributed by atoms with Crippen LogP contribution in [0.3, 0.4) is 0 Å². The summed E-state index contributed by atoms with van der Waals surface area (Å²) < 4.78 is 0. The first-order chi connectivity index (χ1) is 7.38. The maximum Gasteiger partial charge on any atom is 0.102 e. The second-order valence-corrected chi connectivity index (χ2v) is 4.02. The molecule has 15 heavy (non-hydrogen) atoms. The van der Waals surface area contributed by atoms with Crippen molar-refractivity contribution >= 4 is 11.8 Å². The third kappa shape index (κ3) is 2.78. The van der Waals surface area contributed by atoms with Crippen LogP contribution in [0.15, 0.2) is 52.8 Å². The highest BCUT2D eigenvalue weighted by Gasteiger charge is 1.99. The summed E-state index contributed by atoms with van der Waals surface area (Å²) in [6.07, 6.45) is 3.54. The highest BCUT2D eigenvalue weighted by Crippen LogP contribution is 2.23. The number of nitrogens with two attached hydrogens (primary N) is 1. The van der Waals surface area contributed by atoms with Crippen LogP contribution in [0.4, 0.5) is 0 Å². The summed E-state index contributed by atoms with van der Waals surface area (Å²) in [5.41, 5.74) is 6.65. The van der Waals surface area contributed by atoms with Crippen LogP contribution in [0.25, 0.3) is 0 Å². The molecule has 0 aliphatic heterocycles. The van der Waals surface area contributed by atoms with E-state index in [0.717, 1.165) is 15.6 Å². The average molecular weight is 217 g/mol. The zero-order chi connectivity index (χ0) is 10.5. The van der Waals surface area contributed by atoms with Gasteiger partial charge in [0.2, 0.25) is 0 Å². The topological polar surface area (TPSA) is 51.8 Å². The quantitative estimate of drug-likeness (QED) is 0.855. The summed E-state index contributed by atoms with van der Waals surface area (Å²) in [6, 6.07) is 9.72. The first kappa shape index (κ1) is 10.1. The molecule has 0 fully saturated rings. The smallest absolute Gasteiger partial charge is 0.102 e. The van der Waals surface area contributed by atoms with Gasteiger partial charge < -0.3 is 5.73 Å². The molecule has 0 spiro atoms. The fourth-order valence-corrected chi connectivity index (χ4v) is 1.95. The molecule has 0 atom stereocenters. The van der Waals surface area contributed by atoms with Gasteiger partial charge in [-0.05, 0) is 29.8 Å². The van der Waals surface area contributed by atoms with E-state index < -0.39 is 0 Å². The first-order valence-corrected chi connectivity index (χ1v) is 5.44. The molecule has 2 aromatic rings. The number of rotatable bonds is 3. The van der Waals surface area contributed by atoms with E-state index in [4.69, 9.17) is 5.73 Å². The minimum atomic E-state index is 0.540. The fourth-order valence-electron chi connectivity index (χ4n) is 1.15. The van der Waals surface area contributed by atoms with E-state index in [-0.39, 0.29) is 0 Å². The number of hydrogen-bond acceptors (Lipinski definition) is 4. The summed E-state index contributed by atoms with van der Waals surface area (Å²) in [5, 5.41) is 1.87. The largest absolute Gasteiger partial charge is 0.326 e. The lowest BCUT2D eigenvalue weighted by Gasteiger charge is -2.01. The maximum absolute atomic E-state index is 5.56. The lowest BCUT2D eigenvalue weighted by Crippen LogP contribution is -1.96. The van der Waals surface area contributed by atoms with Gasteiger partial charge in [0.15, 0.2) is 0 Å². The van der Waals surface area contributed by atoms with Crippen molar-refractivity contribution in [2.75, 3.05) is 0 Å². The van der Waals surface area contributed by atoms with E-state index in [1.165, 1.54) is 11.8 Å². The third-order valence-electron chi connectivity index (χ3n) is 1.88. The van der Waals surface area contributed by atoms with Gasteiger partial charge in [0.1, 0.15) is 10.1 Å². The van der Waals surface area contributed by atoms with Gasteiger partial charge in [-0.25, -0.2) is 9.97 Å². The Labute approximate surface area is 92.8 Å². The van der Waals surface area contributed by atoms with Crippen LogP contribution < -0.4 is 5.73 Å². The summed E-state index contributed by atoms with van der Waals surface area (Å²) in [5.74, 6) is 0. The van der Waals surface area contributed by atoms with Crippen LogP contribution >= 0.6 is 11.8 Å². The Morgan fingerprint density at radius 1 is 1.07 bits per heavy atom. The molecule has 2 N–H and O–H groups in total. The third-order valence-corrected chi connectivity index (χ3v) is 2.76. The van der Waals surface area contributed by atoms with Gasteiger partial charge in [0.05, 0.1) is 0 Å². The van der Waals surface area contributed by atoms with Crippen molar-refractivity contribution in [3.8, 4) is 0 Å². The average Bonchev–Trinajstić information content (AvgIpc) is 2.31. The van der Waals surface area contributed by atoms with Crippen molar-refractivity contribution in [3.63, 3.8) is 0 Å². The van der Waals surface area contributed by atoms with Crippen molar-refractivity contribution in [1.82, 2.24) is 9.97 Å². The molecule has 0 amide bonds. The molecule has 2 aromatic heterocycles. The van der Waals surface area contributed by atoms with Crippen molar-refractivity contribution in [2.24, 2.45) is 5.73 Å². The van der Waals surface area contributed by atoms with E-state index >= 15 is 0 Å². The molecule has 0 bridgehead atoms. The van der Waals surface area contributed by atoms with E-state index in [1.54, 1.807) is 12.4 Å². The molecular formula is C11H11N3S. The van der Waals surface area contributed by atoms with Crippen molar-refractivity contribution in [2.45, 2.75) is 16.6 Å². The molecule has 0 unspecified atom stereocenters. The Balaban J connectivity index is 2.17. The highest BCUT2D eigenvalue weighted by molar-refractivity contribution is 7.99. The summed E-state index contributed by atoms with van der Waals surface area (Å²) in [7, 11) is 0. The van der Waals surface area contributed by atoms with Gasteiger partial charge in [-0.15, -0.1) is 0 Å². The van der Waals surface area contributed by atoms with Gasteiger partial charge in [0.25, 0.3) is 0 Å². The van der Waals surface area contributed by atoms with Crippen LogP contribution in [0.5, 0.6) is 0 Å². The summed E-state index contributed by atoms with van der Waals surface area (Å²) >= 11 is 1.54. The van der Waals surface area contributed by atoms with Crippen molar-refractivity contribution in [3.05, 3.63) is 48.3 Å². The molecule has 0 aromatic carbocycles. The monoisotopic (exact) mass is 217 g/mol. The first-order valence-electron chi connectivity index (χ1n) is 4.62. The fraction of sp³-hybridized carbons (Fsp3) is 0.0909. The molecule has 0 saturated heterocycles. The van der Waals surface area contributed by atoms with E-state index in [2.05, 4.69) is 9.97 Å². The number of nitrogens with zero attached hydrogens (tertiary/aromatic N) is 2. The molecule has 2 heterocycles. The van der Waals surface area contributed by atoms with E-state index in [0.29, 0.717) is 6.54 Å². The second-order valence-electron chi connectivity index (χ2n) is 2.98. The standard InChI is InChI=1S/C11H11N3S/c12-8-9-4-6-14-11(7-9)15-10-3-1-2-5-13-10/h1-7H,8,12H2. The van der Waals surface area contributed by atoms with Crippen molar-refractivity contribution < 1.29 is 0 Å². The van der Waals surface area contributed by atoms with Crippen LogP contribution in [-0.4, -0.2) is 9.97 Å². The minimum absolute atomic E-state index is 0.540. The molecule has 0 saturated carbocycles. The molecule has 0 aliphatic carbocycles. The number of hydrogen-bond donors (Lipinski definition) is 1. The molecule has 2 rings (SSSR count). The van der Waals surface area contributed by atoms with Gasteiger partial charge in [0, 0.05) is 18.9 Å². The molecule has 0 radical (unpaired) electrons. The number of aromatic nitrogens is 2. The summed E-state index contributed by atoms with van der Waals surface area (Å²) in [6.45, 7) is 0.540. The SMILES string of the molecule is NCc1ccnc(Sc2ccccn2)c1. The van der Waals surface area contributed by atoms with Gasteiger partial charge >= 0.3 is 0 Å². The molecule has 0 aliphatic rings. The Kier molecular flexibility index (Phi) is 3.32. The molecular weight excluding hydrogens is 206 g/mol. The predicted octanol–water partition coefficient (Wildman–Crippen LogP) is 2.09. The zero-order valence-electron chi connectivity index (χ0n) is 8.13. The van der Waals surface area contributed by atoms with Crippen LogP contribution in [0.1, 0.15) is 5.56 Å². The lowest BCUT2D eigenvalue weighted by atomic mass is 10.3. The van der Waals surface area contributed by atoms with E-state index in [1.807, 2.05) is 30.3 Å². The Morgan fingerprint density at radius 3 is 2.67 bits per heavy atom. The summed E-state index contributed by atoms with van der Waals surface area (Å²) in [4.78, 5) is 8.47. The van der Waals surface area contributed by atoms with Gasteiger partial charge in [-0.2, -0.15) is 0 Å². The number of pyridine rings is 2. The normalized spacial score (nSPS) is 10.2. The Morgan fingerprint density at radius 2 is 1.93 bits per heavy atom. The highest BCUT2D eigenvalue weighted by atomic mass is 32.2. The van der Waals surface area contributed by atoms with Crippen LogP contribution in [-0.2, 0) is 6.54 Å². The minimum Gasteiger partial charge on any atom is -0.326 e. The maximum atomic E-state index is 5.56. The predicted molar refractivity (Wildman–Crippen MR) is 60.5 cm³/mol. The molecule has 4 heteroatoms. The molecule has 76 valence electrons. The van der Waals surface area contributed by atoms with E-state index in [9.17, 15) is 0 Å². The Hall–Kier alpha value is -1.39. The zero-order valence-corrected chi connectivity index (χ0v) is 8.95. The Bertz CT molecular complexity index is 431. The van der Waals surface area contributed by atoms with Crippen LogP contribution in [0.2, 0.25) is 0 Å². The van der Waals surface area contributed by atoms with Crippen molar-refractivity contribution in [1.29, 1.82) is 0 Å². The van der Waals surface area contributed by atoms with Gasteiger partial charge in [-0.3, -0.25) is 0 Å². The second kappa shape index (κ2) is 4.91. The van der Waals surface area contributed by atoms with Gasteiger partial charge in [-0.1, -0.05) is 17.8 Å². The van der Waals surface area contributed by atoms with Crippen LogP contribution in [0, 0.1) is 0 Å².